The van der Waals surface area contributed by atoms with Gasteiger partial charge in [0.1, 0.15) is 5.75 Å². The molecule has 0 radical (unpaired) electrons. The van der Waals surface area contributed by atoms with Crippen molar-refractivity contribution in [1.29, 1.82) is 5.26 Å². The number of hydrogen-bond acceptors (Lipinski definition) is 2. The molecule has 0 aliphatic rings. The minimum Gasteiger partial charge on any atom is -0.493 e. The van der Waals surface area contributed by atoms with Gasteiger partial charge >= 0.3 is 0 Å². The van der Waals surface area contributed by atoms with Gasteiger partial charge in [0.2, 0.25) is 0 Å². The van der Waals surface area contributed by atoms with Gasteiger partial charge in [0, 0.05) is 0 Å². The molecule has 0 atom stereocenters. The molecule has 0 aliphatic heterocycles. The molecule has 3 heteroatoms. The fraction of sp³-hybridized carbons (Fsp3) is 0.364. The average Bonchev–Trinajstić information content (AvgIpc) is 2.17. The molecule has 1 aromatic carbocycles. The van der Waals surface area contributed by atoms with E-state index in [0.29, 0.717) is 13.0 Å². The van der Waals surface area contributed by atoms with Crippen LogP contribution in [-0.4, -0.2) is 6.61 Å². The summed E-state index contributed by atoms with van der Waals surface area (Å²) in [6.07, 6.45) is 0.410. The highest BCUT2D eigenvalue weighted by molar-refractivity contribution is 9.10. The lowest BCUT2D eigenvalue weighted by Gasteiger charge is -2.10. The Morgan fingerprint density at radius 3 is 2.79 bits per heavy atom. The van der Waals surface area contributed by atoms with Crippen LogP contribution < -0.4 is 4.74 Å². The van der Waals surface area contributed by atoms with E-state index in [4.69, 9.17) is 10.00 Å². The molecule has 1 rings (SSSR count). The van der Waals surface area contributed by atoms with E-state index < -0.39 is 0 Å². The standard InChI is InChI=1S/C11H12BrNO/c1-3-14-10-5-4-8(2)9(6-7-13)11(10)12/h4-5H,3,6H2,1-2H3. The third-order valence-electron chi connectivity index (χ3n) is 2.00. The van der Waals surface area contributed by atoms with E-state index in [2.05, 4.69) is 22.0 Å². The monoisotopic (exact) mass is 253 g/mol. The summed E-state index contributed by atoms with van der Waals surface area (Å²) in [4.78, 5) is 0. The topological polar surface area (TPSA) is 33.0 Å². The summed E-state index contributed by atoms with van der Waals surface area (Å²) in [5.74, 6) is 0.809. The van der Waals surface area contributed by atoms with E-state index >= 15 is 0 Å². The molecule has 0 amide bonds. The van der Waals surface area contributed by atoms with E-state index in [-0.39, 0.29) is 0 Å². The normalized spacial score (nSPS) is 9.57. The Bertz CT molecular complexity index is 368. The van der Waals surface area contributed by atoms with E-state index in [1.54, 1.807) is 0 Å². The quantitative estimate of drug-likeness (QED) is 0.829. The molecule has 1 aromatic rings. The van der Waals surface area contributed by atoms with Crippen molar-refractivity contribution in [2.75, 3.05) is 6.61 Å². The minimum absolute atomic E-state index is 0.410. The van der Waals surface area contributed by atoms with Gasteiger partial charge in [0.25, 0.3) is 0 Å². The maximum Gasteiger partial charge on any atom is 0.133 e. The lowest BCUT2D eigenvalue weighted by atomic mass is 10.1. The molecule has 74 valence electrons. The largest absolute Gasteiger partial charge is 0.493 e. The first kappa shape index (κ1) is 11.1. The summed E-state index contributed by atoms with van der Waals surface area (Å²) >= 11 is 3.46. The van der Waals surface area contributed by atoms with Crippen LogP contribution in [0.3, 0.4) is 0 Å². The number of hydrogen-bond donors (Lipinski definition) is 0. The van der Waals surface area contributed by atoms with Gasteiger partial charge in [-0.3, -0.25) is 0 Å². The molecule has 0 aliphatic carbocycles. The lowest BCUT2D eigenvalue weighted by molar-refractivity contribution is 0.337. The van der Waals surface area contributed by atoms with E-state index in [0.717, 1.165) is 21.3 Å². The maximum atomic E-state index is 8.68. The van der Waals surface area contributed by atoms with Gasteiger partial charge in [0.15, 0.2) is 0 Å². The molecule has 0 heterocycles. The zero-order valence-corrected chi connectivity index (χ0v) is 9.89. The number of aryl methyl sites for hydroxylation is 1. The van der Waals surface area contributed by atoms with Crippen LogP contribution in [0.2, 0.25) is 0 Å². The molecular weight excluding hydrogens is 242 g/mol. The van der Waals surface area contributed by atoms with E-state index in [1.807, 2.05) is 26.0 Å². The number of rotatable bonds is 3. The summed E-state index contributed by atoms with van der Waals surface area (Å²) in [5.41, 5.74) is 2.13. The first-order chi connectivity index (χ1) is 6.70. The lowest BCUT2D eigenvalue weighted by Crippen LogP contribution is -1.97. The fourth-order valence-electron chi connectivity index (χ4n) is 1.26. The highest BCUT2D eigenvalue weighted by atomic mass is 79.9. The Balaban J connectivity index is 3.13. The van der Waals surface area contributed by atoms with Crippen LogP contribution in [0.25, 0.3) is 0 Å². The van der Waals surface area contributed by atoms with E-state index in [1.165, 1.54) is 0 Å². The molecule has 2 nitrogen and oxygen atoms in total. The first-order valence-electron chi connectivity index (χ1n) is 4.48. The average molecular weight is 254 g/mol. The molecule has 0 N–H and O–H groups in total. The smallest absolute Gasteiger partial charge is 0.133 e. The van der Waals surface area contributed by atoms with Gasteiger partial charge < -0.3 is 4.74 Å². The molecule has 0 saturated heterocycles. The van der Waals surface area contributed by atoms with Crippen molar-refractivity contribution in [3.8, 4) is 11.8 Å². The molecule has 14 heavy (non-hydrogen) atoms. The molecule has 0 saturated carbocycles. The van der Waals surface area contributed by atoms with Crippen LogP contribution in [0, 0.1) is 18.3 Å². The van der Waals surface area contributed by atoms with Crippen molar-refractivity contribution in [3.05, 3.63) is 27.7 Å². The third kappa shape index (κ3) is 2.27. The van der Waals surface area contributed by atoms with Gasteiger partial charge in [0.05, 0.1) is 23.6 Å². The number of halogens is 1. The van der Waals surface area contributed by atoms with Crippen molar-refractivity contribution in [2.24, 2.45) is 0 Å². The Morgan fingerprint density at radius 1 is 1.50 bits per heavy atom. The van der Waals surface area contributed by atoms with Gasteiger partial charge in [-0.2, -0.15) is 5.26 Å². The number of nitrogens with zero attached hydrogens (tertiary/aromatic N) is 1. The van der Waals surface area contributed by atoms with Crippen LogP contribution in [0.5, 0.6) is 5.75 Å². The summed E-state index contributed by atoms with van der Waals surface area (Å²) in [6, 6.07) is 6.04. The van der Waals surface area contributed by atoms with Crippen molar-refractivity contribution < 1.29 is 4.74 Å². The first-order valence-corrected chi connectivity index (χ1v) is 5.27. The molecule has 0 bridgehead atoms. The maximum absolute atomic E-state index is 8.68. The van der Waals surface area contributed by atoms with Crippen LogP contribution in [-0.2, 0) is 6.42 Å². The fourth-order valence-corrected chi connectivity index (χ4v) is 1.96. The van der Waals surface area contributed by atoms with Gasteiger partial charge in [-0.1, -0.05) is 6.07 Å². The summed E-state index contributed by atoms with van der Waals surface area (Å²) in [5, 5.41) is 8.68. The van der Waals surface area contributed by atoms with Crippen LogP contribution in [0.15, 0.2) is 16.6 Å². The van der Waals surface area contributed by atoms with Crippen molar-refractivity contribution in [1.82, 2.24) is 0 Å². The highest BCUT2D eigenvalue weighted by Crippen LogP contribution is 2.31. The van der Waals surface area contributed by atoms with Gasteiger partial charge in [-0.05, 0) is 47.0 Å². The van der Waals surface area contributed by atoms with Crippen molar-refractivity contribution >= 4 is 15.9 Å². The second kappa shape index (κ2) is 5.02. The second-order valence-corrected chi connectivity index (χ2v) is 3.73. The molecule has 0 spiro atoms. The Labute approximate surface area is 92.6 Å². The summed E-state index contributed by atoms with van der Waals surface area (Å²) < 4.78 is 6.33. The number of benzene rings is 1. The molecule has 0 fully saturated rings. The Kier molecular flexibility index (Phi) is 3.97. The van der Waals surface area contributed by atoms with Crippen LogP contribution in [0.4, 0.5) is 0 Å². The molecule has 0 unspecified atom stereocenters. The van der Waals surface area contributed by atoms with E-state index in [9.17, 15) is 0 Å². The Hall–Kier alpha value is -1.01. The zero-order valence-electron chi connectivity index (χ0n) is 8.30. The van der Waals surface area contributed by atoms with Crippen molar-refractivity contribution in [3.63, 3.8) is 0 Å². The van der Waals surface area contributed by atoms with Gasteiger partial charge in [-0.25, -0.2) is 0 Å². The molecular formula is C11H12BrNO. The summed E-state index contributed by atoms with van der Waals surface area (Å²) in [6.45, 7) is 4.57. The minimum atomic E-state index is 0.410. The highest BCUT2D eigenvalue weighted by Gasteiger charge is 2.08. The third-order valence-corrected chi connectivity index (χ3v) is 2.87. The summed E-state index contributed by atoms with van der Waals surface area (Å²) in [7, 11) is 0. The van der Waals surface area contributed by atoms with Crippen LogP contribution >= 0.6 is 15.9 Å². The predicted molar refractivity (Wildman–Crippen MR) is 59.4 cm³/mol. The number of ether oxygens (including phenoxy) is 1. The Morgan fingerprint density at radius 2 is 2.21 bits per heavy atom. The van der Waals surface area contributed by atoms with Crippen molar-refractivity contribution in [2.45, 2.75) is 20.3 Å². The second-order valence-electron chi connectivity index (χ2n) is 2.94. The predicted octanol–water partition coefficient (Wildman–Crippen LogP) is 3.22. The van der Waals surface area contributed by atoms with Crippen LogP contribution in [0.1, 0.15) is 18.1 Å². The van der Waals surface area contributed by atoms with Gasteiger partial charge in [-0.15, -0.1) is 0 Å². The molecule has 0 aromatic heterocycles. The zero-order chi connectivity index (χ0) is 10.6. The SMILES string of the molecule is CCOc1ccc(C)c(CC#N)c1Br. The number of nitriles is 1.